The number of ether oxygens (including phenoxy) is 2. The number of allylic oxidation sites excluding steroid dienone is 1. The Morgan fingerprint density at radius 1 is 1.14 bits per heavy atom. The fraction of sp³-hybridized carbons (Fsp3) is 0.179. The van der Waals surface area contributed by atoms with Crippen molar-refractivity contribution in [1.82, 2.24) is 19.7 Å². The Morgan fingerprint density at radius 3 is 2.78 bits per heavy atom. The molecule has 0 fully saturated rings. The standard InChI is InChI=1S/C28H23FN4O4/c1-16(27-31-28(34)37-32-27)26-20-9-7-17(11-18(20)14-36-24-12-19(29)8-10-21(24)26)13-33-23-6-4-3-5-22(23)30-25(33)15-35-2/h3-12H,13-15H2,1-2H3,(H,31,32,34). The van der Waals surface area contributed by atoms with Crippen LogP contribution in [0.1, 0.15) is 40.8 Å². The SMILES string of the molecule is COCc1nc2ccccc2n1Cc1ccc2c(c1)COc1cc(F)ccc1C2=C(C)c1noc(=O)[nH]1. The summed E-state index contributed by atoms with van der Waals surface area (Å²) in [6.07, 6.45) is 0. The Hall–Kier alpha value is -4.50. The number of nitrogens with one attached hydrogen (secondary N) is 1. The lowest BCUT2D eigenvalue weighted by atomic mass is 9.89. The van der Waals surface area contributed by atoms with Crippen LogP contribution in [0, 0.1) is 5.82 Å². The third-order valence-electron chi connectivity index (χ3n) is 6.55. The molecule has 0 saturated heterocycles. The van der Waals surface area contributed by atoms with Gasteiger partial charge in [0.1, 0.15) is 30.6 Å². The molecular formula is C28H23FN4O4. The van der Waals surface area contributed by atoms with Crippen molar-refractivity contribution in [3.05, 3.63) is 111 Å². The number of imidazole rings is 1. The number of methoxy groups -OCH3 is 1. The number of aromatic nitrogens is 4. The van der Waals surface area contributed by atoms with Crippen LogP contribution < -0.4 is 10.5 Å². The van der Waals surface area contributed by atoms with Crippen LogP contribution in [0.15, 0.2) is 70.0 Å². The van der Waals surface area contributed by atoms with Crippen molar-refractivity contribution < 1.29 is 18.4 Å². The van der Waals surface area contributed by atoms with Gasteiger partial charge in [0, 0.05) is 30.9 Å². The fourth-order valence-electron chi connectivity index (χ4n) is 4.87. The van der Waals surface area contributed by atoms with Crippen molar-refractivity contribution in [1.29, 1.82) is 0 Å². The van der Waals surface area contributed by atoms with Gasteiger partial charge < -0.3 is 14.0 Å². The molecule has 0 saturated carbocycles. The molecule has 0 spiro atoms. The number of para-hydroxylation sites is 2. The molecule has 0 bridgehead atoms. The summed E-state index contributed by atoms with van der Waals surface area (Å²) < 4.78 is 32.5. The molecule has 0 aliphatic carbocycles. The topological polar surface area (TPSA) is 95.2 Å². The van der Waals surface area contributed by atoms with Gasteiger partial charge in [-0.2, -0.15) is 0 Å². The van der Waals surface area contributed by atoms with E-state index >= 15 is 0 Å². The van der Waals surface area contributed by atoms with Crippen LogP contribution in [-0.2, 0) is 24.5 Å². The van der Waals surface area contributed by atoms with E-state index in [1.165, 1.54) is 12.1 Å². The average Bonchev–Trinajstić information content (AvgIpc) is 3.44. The van der Waals surface area contributed by atoms with E-state index in [0.717, 1.165) is 39.1 Å². The van der Waals surface area contributed by atoms with Crippen molar-refractivity contribution in [2.24, 2.45) is 0 Å². The minimum absolute atomic E-state index is 0.251. The van der Waals surface area contributed by atoms with Crippen LogP contribution in [0.25, 0.3) is 22.2 Å². The van der Waals surface area contributed by atoms with Gasteiger partial charge in [0.2, 0.25) is 0 Å². The molecule has 6 rings (SSSR count). The number of halogens is 1. The highest BCUT2D eigenvalue weighted by molar-refractivity contribution is 5.99. The lowest BCUT2D eigenvalue weighted by Crippen LogP contribution is -2.07. The second-order valence-electron chi connectivity index (χ2n) is 8.90. The summed E-state index contributed by atoms with van der Waals surface area (Å²) in [5.74, 6) is 0.524. The molecule has 3 aromatic carbocycles. The molecule has 9 heteroatoms. The first-order chi connectivity index (χ1) is 18.0. The molecule has 1 N–H and O–H groups in total. The molecule has 37 heavy (non-hydrogen) atoms. The second-order valence-corrected chi connectivity index (χ2v) is 8.90. The van der Waals surface area contributed by atoms with Gasteiger partial charge in [-0.05, 0) is 59.5 Å². The van der Waals surface area contributed by atoms with Crippen molar-refractivity contribution in [3.8, 4) is 5.75 Å². The van der Waals surface area contributed by atoms with E-state index < -0.39 is 11.6 Å². The highest BCUT2D eigenvalue weighted by Crippen LogP contribution is 2.41. The van der Waals surface area contributed by atoms with Crippen molar-refractivity contribution in [2.75, 3.05) is 7.11 Å². The third-order valence-corrected chi connectivity index (χ3v) is 6.55. The number of benzene rings is 3. The monoisotopic (exact) mass is 498 g/mol. The molecule has 0 amide bonds. The average molecular weight is 499 g/mol. The zero-order valence-electron chi connectivity index (χ0n) is 20.2. The Bertz CT molecular complexity index is 1730. The van der Waals surface area contributed by atoms with Crippen molar-refractivity contribution >= 4 is 22.2 Å². The van der Waals surface area contributed by atoms with Crippen molar-refractivity contribution in [3.63, 3.8) is 0 Å². The number of hydrogen-bond donors (Lipinski definition) is 1. The quantitative estimate of drug-likeness (QED) is 0.370. The molecule has 8 nitrogen and oxygen atoms in total. The van der Waals surface area contributed by atoms with Gasteiger partial charge >= 0.3 is 5.76 Å². The maximum atomic E-state index is 14.1. The van der Waals surface area contributed by atoms with Gasteiger partial charge in [-0.25, -0.2) is 14.2 Å². The van der Waals surface area contributed by atoms with Crippen LogP contribution in [0.2, 0.25) is 0 Å². The maximum Gasteiger partial charge on any atom is 0.439 e. The number of aromatic amines is 1. The Kier molecular flexibility index (Phi) is 5.69. The van der Waals surface area contributed by atoms with E-state index in [1.807, 2.05) is 37.3 Å². The normalized spacial score (nSPS) is 14.1. The molecule has 5 aromatic rings. The fourth-order valence-corrected chi connectivity index (χ4v) is 4.87. The largest absolute Gasteiger partial charge is 0.488 e. The van der Waals surface area contributed by atoms with E-state index in [2.05, 4.69) is 26.8 Å². The number of fused-ring (bicyclic) bond motifs is 3. The first-order valence-corrected chi connectivity index (χ1v) is 11.8. The van der Waals surface area contributed by atoms with E-state index in [1.54, 1.807) is 13.2 Å². The minimum atomic E-state index is -0.644. The molecule has 1 aliphatic rings. The van der Waals surface area contributed by atoms with E-state index in [0.29, 0.717) is 35.9 Å². The summed E-state index contributed by atoms with van der Waals surface area (Å²) >= 11 is 0. The van der Waals surface area contributed by atoms with Gasteiger partial charge in [-0.3, -0.25) is 9.51 Å². The van der Waals surface area contributed by atoms with Gasteiger partial charge in [-0.1, -0.05) is 29.4 Å². The maximum absolute atomic E-state index is 14.1. The molecule has 186 valence electrons. The van der Waals surface area contributed by atoms with Gasteiger partial charge in [0.25, 0.3) is 0 Å². The number of rotatable bonds is 5. The van der Waals surface area contributed by atoms with Crippen LogP contribution in [0.5, 0.6) is 5.75 Å². The highest BCUT2D eigenvalue weighted by Gasteiger charge is 2.24. The Morgan fingerprint density at radius 2 is 1.97 bits per heavy atom. The smallest absolute Gasteiger partial charge is 0.439 e. The summed E-state index contributed by atoms with van der Waals surface area (Å²) in [5.41, 5.74) is 6.98. The van der Waals surface area contributed by atoms with Crippen LogP contribution >= 0.6 is 0 Å². The van der Waals surface area contributed by atoms with Crippen LogP contribution in [-0.4, -0.2) is 26.8 Å². The van der Waals surface area contributed by atoms with Crippen LogP contribution in [0.4, 0.5) is 4.39 Å². The molecule has 2 aromatic heterocycles. The number of hydrogen-bond acceptors (Lipinski definition) is 6. The first kappa shape index (κ1) is 22.9. The highest BCUT2D eigenvalue weighted by atomic mass is 19.1. The zero-order chi connectivity index (χ0) is 25.5. The molecule has 0 radical (unpaired) electrons. The number of H-pyrrole nitrogens is 1. The van der Waals surface area contributed by atoms with Crippen molar-refractivity contribution in [2.45, 2.75) is 26.7 Å². The predicted molar refractivity (Wildman–Crippen MR) is 135 cm³/mol. The molecule has 0 unspecified atom stereocenters. The second kappa shape index (κ2) is 9.18. The molecular weight excluding hydrogens is 475 g/mol. The Labute approximate surface area is 211 Å². The molecule has 3 heterocycles. The summed E-state index contributed by atoms with van der Waals surface area (Å²) in [6, 6.07) is 18.6. The number of nitrogens with zero attached hydrogens (tertiary/aromatic N) is 3. The summed E-state index contributed by atoms with van der Waals surface area (Å²) in [6.45, 7) is 3.07. The Balaban J connectivity index is 1.48. The minimum Gasteiger partial charge on any atom is -0.488 e. The first-order valence-electron chi connectivity index (χ1n) is 11.8. The van der Waals surface area contributed by atoms with Gasteiger partial charge in [0.15, 0.2) is 5.82 Å². The van der Waals surface area contributed by atoms with Gasteiger partial charge in [0.05, 0.1) is 11.0 Å². The molecule has 0 atom stereocenters. The lowest BCUT2D eigenvalue weighted by Gasteiger charge is -2.15. The van der Waals surface area contributed by atoms with Gasteiger partial charge in [-0.15, -0.1) is 0 Å². The lowest BCUT2D eigenvalue weighted by molar-refractivity contribution is 0.175. The predicted octanol–water partition coefficient (Wildman–Crippen LogP) is 4.92. The van der Waals surface area contributed by atoms with E-state index in [9.17, 15) is 9.18 Å². The molecule has 1 aliphatic heterocycles. The van der Waals surface area contributed by atoms with Crippen LogP contribution in [0.3, 0.4) is 0 Å². The zero-order valence-corrected chi connectivity index (χ0v) is 20.2. The summed E-state index contributed by atoms with van der Waals surface area (Å²) in [7, 11) is 1.65. The van der Waals surface area contributed by atoms with E-state index in [4.69, 9.17) is 19.0 Å². The van der Waals surface area contributed by atoms with E-state index in [-0.39, 0.29) is 6.61 Å². The summed E-state index contributed by atoms with van der Waals surface area (Å²) in [4.78, 5) is 19.0. The summed E-state index contributed by atoms with van der Waals surface area (Å²) in [5, 5.41) is 3.87. The third kappa shape index (κ3) is 4.13.